The van der Waals surface area contributed by atoms with Crippen molar-refractivity contribution in [2.24, 2.45) is 21.8 Å². The van der Waals surface area contributed by atoms with Crippen molar-refractivity contribution in [2.45, 2.75) is 71.3 Å². The molecular formula is C52H58Cl4N8. The molecule has 1 unspecified atom stereocenters. The van der Waals surface area contributed by atoms with Gasteiger partial charge in [0.25, 0.3) is 0 Å². The quantitative estimate of drug-likeness (QED) is 0.0948. The molecule has 4 heterocycles. The van der Waals surface area contributed by atoms with Crippen LogP contribution < -0.4 is 21.3 Å². The van der Waals surface area contributed by atoms with Crippen molar-refractivity contribution in [1.82, 2.24) is 31.2 Å². The highest BCUT2D eigenvalue weighted by molar-refractivity contribution is 6.43. The predicted octanol–water partition coefficient (Wildman–Crippen LogP) is 13.0. The third kappa shape index (κ3) is 13.9. The Balaban J connectivity index is 0.000000143. The van der Waals surface area contributed by atoms with Gasteiger partial charge < -0.3 is 26.3 Å². The van der Waals surface area contributed by atoms with Crippen molar-refractivity contribution < 1.29 is 0 Å². The molecule has 0 radical (unpaired) electrons. The minimum absolute atomic E-state index is 0. The van der Waals surface area contributed by atoms with Crippen molar-refractivity contribution in [2.75, 3.05) is 13.1 Å². The van der Waals surface area contributed by atoms with E-state index in [0.29, 0.717) is 26.6 Å². The van der Waals surface area contributed by atoms with Crippen LogP contribution in [0.15, 0.2) is 162 Å². The number of aryl methyl sites for hydroxylation is 1. The van der Waals surface area contributed by atoms with E-state index < -0.39 is 0 Å². The van der Waals surface area contributed by atoms with Gasteiger partial charge in [-0.3, -0.25) is 9.98 Å². The van der Waals surface area contributed by atoms with Gasteiger partial charge >= 0.3 is 0 Å². The van der Waals surface area contributed by atoms with Crippen molar-refractivity contribution in [3.63, 3.8) is 0 Å². The van der Waals surface area contributed by atoms with E-state index in [2.05, 4.69) is 102 Å². The lowest BCUT2D eigenvalue weighted by Crippen LogP contribution is -2.33. The van der Waals surface area contributed by atoms with Crippen molar-refractivity contribution in [3.05, 3.63) is 205 Å². The minimum atomic E-state index is -0.00935. The molecule has 334 valence electrons. The van der Waals surface area contributed by atoms with Crippen molar-refractivity contribution in [1.29, 1.82) is 0 Å². The Bertz CT molecular complexity index is 2430. The summed E-state index contributed by atoms with van der Waals surface area (Å²) in [6.45, 7) is 6.14. The Morgan fingerprint density at radius 1 is 0.812 bits per heavy atom. The molecule has 5 aromatic rings. The molecule has 5 N–H and O–H groups in total. The maximum absolute atomic E-state index is 6.39. The monoisotopic (exact) mass is 934 g/mol. The Morgan fingerprint density at radius 2 is 1.56 bits per heavy atom. The molecule has 0 amide bonds. The molecule has 10 rings (SSSR count). The average Bonchev–Trinajstić information content (AvgIpc) is 4.18. The van der Waals surface area contributed by atoms with Gasteiger partial charge in [-0.25, -0.2) is 4.98 Å². The lowest BCUT2D eigenvalue weighted by Gasteiger charge is -2.24. The molecule has 0 spiro atoms. The zero-order valence-electron chi connectivity index (χ0n) is 35.3. The van der Waals surface area contributed by atoms with E-state index in [4.69, 9.17) is 46.4 Å². The zero-order chi connectivity index (χ0) is 43.8. The van der Waals surface area contributed by atoms with E-state index in [1.165, 1.54) is 49.9 Å². The number of H-pyrrole nitrogens is 1. The number of hydrogen-bond acceptors (Lipinski definition) is 7. The summed E-state index contributed by atoms with van der Waals surface area (Å²) >= 11 is 24.5. The van der Waals surface area contributed by atoms with Gasteiger partial charge in [0.2, 0.25) is 0 Å². The van der Waals surface area contributed by atoms with Crippen LogP contribution >= 0.6 is 46.4 Å². The van der Waals surface area contributed by atoms with E-state index in [9.17, 15) is 0 Å². The molecule has 0 fully saturated rings. The first-order chi connectivity index (χ1) is 30.8. The molecule has 0 bridgehead atoms. The summed E-state index contributed by atoms with van der Waals surface area (Å²) in [4.78, 5) is 15.9. The maximum atomic E-state index is 6.39. The standard InChI is InChI=1S/C16H12Cl2N2.C15H17N.C10H11Cl2N3.C10H14N2.CH4/c17-13-8-4-7-12(16(13)18)15(14-9-19-10-20-14)11-5-2-1-3-6-11;1-2-5-14-10-12(7-8-13(14)4-1)11-15-6-3-9-16-15;11-8-3-1-2-7(9(8)12)6-15-10-13-4-5-14-10;1-8-11-7-10(12-8)6-9-4-2-3-5-9;/h1-10,15H,(H,19,20);1-2,4-6,9,12H,3,7-8,10-11H2;1-3H,4-6H2,(H2,13,14,15);2-3,7,9,11-12H,1,4-6H2;1H4/t;12-;;;/m.1.../s1. The summed E-state index contributed by atoms with van der Waals surface area (Å²) in [5.41, 5.74) is 9.76. The summed E-state index contributed by atoms with van der Waals surface area (Å²) in [6.07, 6.45) is 23.9. The van der Waals surface area contributed by atoms with Crippen molar-refractivity contribution >= 4 is 58.6 Å². The summed E-state index contributed by atoms with van der Waals surface area (Å²) < 4.78 is 0. The second kappa shape index (κ2) is 24.7. The largest absolute Gasteiger partial charge is 0.355 e. The van der Waals surface area contributed by atoms with E-state index in [1.807, 2.05) is 61.1 Å². The fourth-order valence-corrected chi connectivity index (χ4v) is 9.02. The molecule has 0 saturated carbocycles. The smallest absolute Gasteiger partial charge is 0.191 e. The lowest BCUT2D eigenvalue weighted by atomic mass is 9.82. The highest BCUT2D eigenvalue weighted by Crippen LogP contribution is 2.38. The molecule has 1 aromatic heterocycles. The number of guanidine groups is 1. The Labute approximate surface area is 399 Å². The molecule has 12 heteroatoms. The van der Waals surface area contributed by atoms with Crippen LogP contribution in [0, 0.1) is 11.8 Å². The Hall–Kier alpha value is -5.25. The number of allylic oxidation sites excluding steroid dienone is 5. The van der Waals surface area contributed by atoms with E-state index >= 15 is 0 Å². The average molecular weight is 937 g/mol. The van der Waals surface area contributed by atoms with Crippen LogP contribution in [0.1, 0.15) is 85.4 Å². The second-order valence-electron chi connectivity index (χ2n) is 16.0. The number of aromatic nitrogens is 2. The number of halogens is 4. The number of aromatic amines is 1. The third-order valence-corrected chi connectivity index (χ3v) is 13.1. The van der Waals surface area contributed by atoms with Gasteiger partial charge in [-0.2, -0.15) is 0 Å². The number of rotatable bonds is 9. The van der Waals surface area contributed by atoms with Crippen LogP contribution in [0.3, 0.4) is 0 Å². The first kappa shape index (κ1) is 48.2. The highest BCUT2D eigenvalue weighted by Gasteiger charge is 2.22. The van der Waals surface area contributed by atoms with Gasteiger partial charge in [-0.1, -0.05) is 158 Å². The Morgan fingerprint density at radius 3 is 2.25 bits per heavy atom. The number of nitrogens with zero attached hydrogens (tertiary/aromatic N) is 3. The minimum Gasteiger partial charge on any atom is -0.355 e. The third-order valence-electron chi connectivity index (χ3n) is 11.4. The van der Waals surface area contributed by atoms with Crippen LogP contribution in [-0.2, 0) is 19.4 Å². The number of fused-ring (bicyclic) bond motifs is 1. The van der Waals surface area contributed by atoms with Gasteiger partial charge in [-0.15, -0.1) is 0 Å². The SMILES string of the molecule is C.C1=NC(C[C@@H]2CCc3ccccc3C2)=CC1.C=C1NC=C(CC2CC=CC2)N1.Clc1cccc(C(c2ccccc2)c2cnc[nH]2)c1Cl.Clc1cccc(CNC2=NCCN2)c1Cl. The molecule has 8 nitrogen and oxygen atoms in total. The molecule has 0 saturated heterocycles. The van der Waals surface area contributed by atoms with Gasteiger partial charge in [0.1, 0.15) is 0 Å². The van der Waals surface area contributed by atoms with Crippen LogP contribution in [0.5, 0.6) is 0 Å². The molecule has 64 heavy (non-hydrogen) atoms. The normalized spacial score (nSPS) is 17.2. The molecule has 5 aliphatic rings. The first-order valence-electron chi connectivity index (χ1n) is 21.6. The van der Waals surface area contributed by atoms with Gasteiger partial charge in [0, 0.05) is 55.2 Å². The number of nitrogens with one attached hydrogen (secondary N) is 5. The number of imidazole rings is 1. The van der Waals surface area contributed by atoms with Crippen LogP contribution in [-0.4, -0.2) is 35.2 Å². The molecule has 3 aliphatic heterocycles. The summed E-state index contributed by atoms with van der Waals surface area (Å²) in [5, 5.41) is 14.9. The Kier molecular flexibility index (Phi) is 18.6. The predicted molar refractivity (Wildman–Crippen MR) is 271 cm³/mol. The molecular weight excluding hydrogens is 878 g/mol. The summed E-state index contributed by atoms with van der Waals surface area (Å²) in [6, 6.07) is 30.3. The summed E-state index contributed by atoms with van der Waals surface area (Å²) in [5.74, 6) is 3.32. The van der Waals surface area contributed by atoms with Crippen LogP contribution in [0.25, 0.3) is 0 Å². The maximum Gasteiger partial charge on any atom is 0.191 e. The zero-order valence-corrected chi connectivity index (χ0v) is 38.3. The second-order valence-corrected chi connectivity index (χ2v) is 17.5. The van der Waals surface area contributed by atoms with Crippen LogP contribution in [0.2, 0.25) is 20.1 Å². The number of hydrogen-bond donors (Lipinski definition) is 5. The fraction of sp³-hybridized carbons (Fsp3) is 0.288. The molecule has 2 atom stereocenters. The van der Waals surface area contributed by atoms with Gasteiger partial charge in [-0.05, 0) is 96.7 Å². The van der Waals surface area contributed by atoms with Gasteiger partial charge in [0.05, 0.1) is 44.7 Å². The van der Waals surface area contributed by atoms with Crippen molar-refractivity contribution in [3.8, 4) is 0 Å². The molecule has 2 aliphatic carbocycles. The van der Waals surface area contributed by atoms with E-state index in [0.717, 1.165) is 71.9 Å². The summed E-state index contributed by atoms with van der Waals surface area (Å²) in [7, 11) is 0. The number of benzene rings is 4. The van der Waals surface area contributed by atoms with E-state index in [-0.39, 0.29) is 13.3 Å². The highest BCUT2D eigenvalue weighted by atomic mass is 35.5. The topological polar surface area (TPSA) is 102 Å². The number of aliphatic imine (C=N–C) groups is 2. The molecule has 4 aromatic carbocycles. The van der Waals surface area contributed by atoms with Crippen LogP contribution in [0.4, 0.5) is 0 Å². The fourth-order valence-electron chi connectivity index (χ4n) is 8.21. The first-order valence-corrected chi connectivity index (χ1v) is 23.1. The lowest BCUT2D eigenvalue weighted by molar-refractivity contribution is 0.453. The van der Waals surface area contributed by atoms with Gasteiger partial charge in [0.15, 0.2) is 5.96 Å². The van der Waals surface area contributed by atoms with E-state index in [1.54, 1.807) is 29.6 Å².